The Morgan fingerprint density at radius 3 is 2.86 bits per heavy atom. The molecule has 1 N–H and O–H groups in total. The molecule has 0 unspecified atom stereocenters. The zero-order valence-electron chi connectivity index (χ0n) is 12.3. The van der Waals surface area contributed by atoms with Crippen molar-refractivity contribution in [3.05, 3.63) is 46.0 Å². The van der Waals surface area contributed by atoms with Crippen molar-refractivity contribution in [2.75, 3.05) is 6.54 Å². The van der Waals surface area contributed by atoms with E-state index in [9.17, 15) is 9.59 Å². The molecule has 0 aliphatic carbocycles. The van der Waals surface area contributed by atoms with Crippen molar-refractivity contribution < 1.29 is 9.21 Å². The van der Waals surface area contributed by atoms with Crippen LogP contribution in [0.4, 0.5) is 0 Å². The molecule has 7 nitrogen and oxygen atoms in total. The molecule has 0 aliphatic heterocycles. The quantitative estimate of drug-likeness (QED) is 0.890. The third-order valence-electron chi connectivity index (χ3n) is 2.95. The summed E-state index contributed by atoms with van der Waals surface area (Å²) in [5.41, 5.74) is -0.247. The van der Waals surface area contributed by atoms with E-state index in [4.69, 9.17) is 4.42 Å². The Labute approximate surface area is 122 Å². The molecule has 0 saturated heterocycles. The van der Waals surface area contributed by atoms with Gasteiger partial charge >= 0.3 is 0 Å². The van der Waals surface area contributed by atoms with Crippen LogP contribution in [0.2, 0.25) is 0 Å². The van der Waals surface area contributed by atoms with Crippen molar-refractivity contribution in [2.24, 2.45) is 0 Å². The van der Waals surface area contributed by atoms with Crippen molar-refractivity contribution >= 4 is 5.91 Å². The van der Waals surface area contributed by atoms with E-state index in [1.807, 2.05) is 18.4 Å². The van der Waals surface area contributed by atoms with Gasteiger partial charge < -0.3 is 14.3 Å². The van der Waals surface area contributed by atoms with E-state index in [2.05, 4.69) is 15.5 Å². The number of aromatic nitrogens is 3. The first-order valence-corrected chi connectivity index (χ1v) is 6.75. The average molecular weight is 290 g/mol. The highest BCUT2D eigenvalue weighted by Crippen LogP contribution is 2.06. The van der Waals surface area contributed by atoms with E-state index in [-0.39, 0.29) is 17.2 Å². The number of carbonyl (C=O) groups excluding carboxylic acids is 1. The molecule has 2 aromatic heterocycles. The largest absolute Gasteiger partial charge is 0.456 e. The second-order valence-corrected chi connectivity index (χ2v) is 5.02. The van der Waals surface area contributed by atoms with Crippen LogP contribution < -0.4 is 10.7 Å². The summed E-state index contributed by atoms with van der Waals surface area (Å²) < 4.78 is 7.17. The lowest BCUT2D eigenvalue weighted by Gasteiger charge is -2.10. The third-order valence-corrected chi connectivity index (χ3v) is 2.95. The Balaban J connectivity index is 1.95. The number of hydrogen-bond acceptors (Lipinski definition) is 5. The summed E-state index contributed by atoms with van der Waals surface area (Å²) in [5, 5.41) is 10.6. The first kappa shape index (κ1) is 15.0. The fourth-order valence-corrected chi connectivity index (χ4v) is 1.97. The number of carbonyl (C=O) groups is 1. The third kappa shape index (κ3) is 3.77. The Hall–Kier alpha value is -2.44. The maximum Gasteiger partial charge on any atom is 0.287 e. The van der Waals surface area contributed by atoms with Crippen LogP contribution in [0.5, 0.6) is 0 Å². The molecule has 2 rings (SSSR count). The minimum atomic E-state index is -0.411. The number of hydrogen-bond donors (Lipinski definition) is 1. The normalized spacial score (nSPS) is 10.9. The topological polar surface area (TPSA) is 90.0 Å². The van der Waals surface area contributed by atoms with Crippen molar-refractivity contribution in [3.63, 3.8) is 0 Å². The average Bonchev–Trinajstić information content (AvgIpc) is 2.86. The van der Waals surface area contributed by atoms with Gasteiger partial charge in [0.15, 0.2) is 11.2 Å². The molecule has 112 valence electrons. The Kier molecular flexibility index (Phi) is 4.52. The highest BCUT2D eigenvalue weighted by Gasteiger charge is 2.11. The van der Waals surface area contributed by atoms with Crippen LogP contribution in [0, 0.1) is 6.92 Å². The van der Waals surface area contributed by atoms with Gasteiger partial charge in [-0.25, -0.2) is 0 Å². The highest BCUT2D eigenvalue weighted by molar-refractivity contribution is 5.91. The van der Waals surface area contributed by atoms with Crippen molar-refractivity contribution in [2.45, 2.75) is 33.2 Å². The number of nitrogens with zero attached hydrogens (tertiary/aromatic N) is 3. The maximum absolute atomic E-state index is 11.9. The fourth-order valence-electron chi connectivity index (χ4n) is 1.97. The zero-order valence-corrected chi connectivity index (χ0v) is 12.3. The molecular formula is C14H18N4O3. The van der Waals surface area contributed by atoms with E-state index in [1.54, 1.807) is 13.3 Å². The lowest BCUT2D eigenvalue weighted by Crippen LogP contribution is -2.27. The van der Waals surface area contributed by atoms with Crippen molar-refractivity contribution in [1.29, 1.82) is 0 Å². The molecule has 2 heterocycles. The molecule has 0 radical (unpaired) electrons. The zero-order chi connectivity index (χ0) is 15.4. The van der Waals surface area contributed by atoms with Gasteiger partial charge in [0.05, 0.1) is 0 Å². The van der Waals surface area contributed by atoms with Gasteiger partial charge in [0.2, 0.25) is 0 Å². The molecule has 0 spiro atoms. The molecule has 2 aromatic rings. The summed E-state index contributed by atoms with van der Waals surface area (Å²) in [5.74, 6) is 0.819. The molecule has 0 aromatic carbocycles. The summed E-state index contributed by atoms with van der Waals surface area (Å²) in [6, 6.07) is 2.78. The Morgan fingerprint density at radius 1 is 1.43 bits per heavy atom. The molecule has 0 fully saturated rings. The van der Waals surface area contributed by atoms with Crippen LogP contribution in [-0.4, -0.2) is 27.2 Å². The van der Waals surface area contributed by atoms with Gasteiger partial charge in [-0.05, 0) is 20.8 Å². The number of nitrogens with one attached hydrogen (secondary N) is 1. The SMILES string of the molecule is Cc1cc(=O)cc(C(=O)NCCc2nncn2C(C)C)o1. The van der Waals surface area contributed by atoms with Crippen LogP contribution in [0.25, 0.3) is 0 Å². The molecule has 0 atom stereocenters. The van der Waals surface area contributed by atoms with Crippen LogP contribution in [0.15, 0.2) is 27.7 Å². The Bertz CT molecular complexity index is 688. The minimum Gasteiger partial charge on any atom is -0.456 e. The second kappa shape index (κ2) is 6.34. The summed E-state index contributed by atoms with van der Waals surface area (Å²) in [7, 11) is 0. The molecule has 21 heavy (non-hydrogen) atoms. The lowest BCUT2D eigenvalue weighted by molar-refractivity contribution is 0.0922. The molecule has 0 aliphatic rings. The van der Waals surface area contributed by atoms with E-state index in [0.29, 0.717) is 18.7 Å². The van der Waals surface area contributed by atoms with Crippen molar-refractivity contribution in [3.8, 4) is 0 Å². The Morgan fingerprint density at radius 2 is 2.19 bits per heavy atom. The van der Waals surface area contributed by atoms with Crippen LogP contribution >= 0.6 is 0 Å². The smallest absolute Gasteiger partial charge is 0.287 e. The van der Waals surface area contributed by atoms with Gasteiger partial charge in [0, 0.05) is 31.1 Å². The lowest BCUT2D eigenvalue weighted by atomic mass is 10.3. The van der Waals surface area contributed by atoms with E-state index >= 15 is 0 Å². The fraction of sp³-hybridized carbons (Fsp3) is 0.429. The number of aryl methyl sites for hydroxylation is 1. The van der Waals surface area contributed by atoms with Crippen LogP contribution in [0.3, 0.4) is 0 Å². The van der Waals surface area contributed by atoms with E-state index in [0.717, 1.165) is 5.82 Å². The van der Waals surface area contributed by atoms with Gasteiger partial charge in [-0.15, -0.1) is 10.2 Å². The summed E-state index contributed by atoms with van der Waals surface area (Å²) in [6.45, 7) is 6.09. The maximum atomic E-state index is 11.9. The molecule has 0 saturated carbocycles. The molecule has 1 amide bonds. The van der Waals surface area contributed by atoms with Crippen LogP contribution in [0.1, 0.15) is 42.0 Å². The standard InChI is InChI=1S/C14H18N4O3/c1-9(2)18-8-16-17-13(18)4-5-15-14(20)12-7-11(19)6-10(3)21-12/h6-9H,4-5H2,1-3H3,(H,15,20). The van der Waals surface area contributed by atoms with Gasteiger partial charge in [0.1, 0.15) is 17.9 Å². The summed E-state index contributed by atoms with van der Waals surface area (Å²) >= 11 is 0. The predicted octanol–water partition coefficient (Wildman–Crippen LogP) is 1.09. The highest BCUT2D eigenvalue weighted by atomic mass is 16.3. The summed E-state index contributed by atoms with van der Waals surface area (Å²) in [6.07, 6.45) is 2.22. The van der Waals surface area contributed by atoms with Gasteiger partial charge in [0.25, 0.3) is 5.91 Å². The monoisotopic (exact) mass is 290 g/mol. The molecule has 7 heteroatoms. The van der Waals surface area contributed by atoms with Gasteiger partial charge in [-0.1, -0.05) is 0 Å². The van der Waals surface area contributed by atoms with Crippen molar-refractivity contribution in [1.82, 2.24) is 20.1 Å². The van der Waals surface area contributed by atoms with E-state index < -0.39 is 5.91 Å². The van der Waals surface area contributed by atoms with Gasteiger partial charge in [-0.3, -0.25) is 9.59 Å². The second-order valence-electron chi connectivity index (χ2n) is 5.02. The first-order valence-electron chi connectivity index (χ1n) is 6.75. The number of rotatable bonds is 5. The first-order chi connectivity index (χ1) is 9.97. The van der Waals surface area contributed by atoms with Gasteiger partial charge in [-0.2, -0.15) is 0 Å². The molecular weight excluding hydrogens is 272 g/mol. The van der Waals surface area contributed by atoms with Crippen LogP contribution in [-0.2, 0) is 6.42 Å². The minimum absolute atomic E-state index is 0.0188. The summed E-state index contributed by atoms with van der Waals surface area (Å²) in [4.78, 5) is 23.2. The number of amides is 1. The molecule has 0 bridgehead atoms. The van der Waals surface area contributed by atoms with E-state index in [1.165, 1.54) is 12.1 Å². The predicted molar refractivity (Wildman–Crippen MR) is 76.2 cm³/mol.